The van der Waals surface area contributed by atoms with Gasteiger partial charge in [-0.05, 0) is 57.3 Å². The average molecular weight is 548 g/mol. The van der Waals surface area contributed by atoms with Crippen LogP contribution in [0.5, 0.6) is 0 Å². The summed E-state index contributed by atoms with van der Waals surface area (Å²) in [5.74, 6) is 1.04. The standard InChI is InChI=1S/C27H45N7O3S/c1-4-34(5-2)19-12-20-38(36,37)32-24(18-17-22-13-8-6-9-14-22)26-30-25(31-33(26)3)21-28-27(35)29-23-15-10-7-11-16-23/h6,8-9,13-14,23-24,32H,4-5,7,10-12,15-21H2,1-3H3,(H2,28,29,35)/t24-/m1/s1. The number of urea groups is 1. The number of carbonyl (C=O) groups is 1. The van der Waals surface area contributed by atoms with Gasteiger partial charge in [0, 0.05) is 13.1 Å². The first-order valence-electron chi connectivity index (χ1n) is 14.0. The second-order valence-electron chi connectivity index (χ2n) is 10.1. The largest absolute Gasteiger partial charge is 0.335 e. The lowest BCUT2D eigenvalue weighted by atomic mass is 9.96. The van der Waals surface area contributed by atoms with Gasteiger partial charge in [-0.3, -0.25) is 4.68 Å². The van der Waals surface area contributed by atoms with Gasteiger partial charge in [0.1, 0.15) is 5.82 Å². The maximum Gasteiger partial charge on any atom is 0.315 e. The van der Waals surface area contributed by atoms with Crippen LogP contribution in [-0.4, -0.2) is 65.5 Å². The maximum atomic E-state index is 13.1. The number of nitrogens with zero attached hydrogens (tertiary/aromatic N) is 4. The van der Waals surface area contributed by atoms with Gasteiger partial charge in [-0.1, -0.05) is 63.4 Å². The van der Waals surface area contributed by atoms with Crippen molar-refractivity contribution in [2.75, 3.05) is 25.4 Å². The molecule has 1 aliphatic carbocycles. The van der Waals surface area contributed by atoms with Crippen molar-refractivity contribution < 1.29 is 13.2 Å². The van der Waals surface area contributed by atoms with Crippen molar-refractivity contribution in [1.82, 2.24) is 35.0 Å². The van der Waals surface area contributed by atoms with Crippen LogP contribution in [0.4, 0.5) is 4.79 Å². The highest BCUT2D eigenvalue weighted by molar-refractivity contribution is 7.89. The molecule has 1 heterocycles. The Kier molecular flexibility index (Phi) is 12.0. The zero-order valence-electron chi connectivity index (χ0n) is 23.2. The minimum absolute atomic E-state index is 0.0545. The molecule has 1 aliphatic rings. The van der Waals surface area contributed by atoms with Crippen LogP contribution in [0.25, 0.3) is 0 Å². The van der Waals surface area contributed by atoms with Crippen LogP contribution in [-0.2, 0) is 30.0 Å². The van der Waals surface area contributed by atoms with Crippen molar-refractivity contribution in [2.45, 2.75) is 83.8 Å². The van der Waals surface area contributed by atoms with E-state index in [2.05, 4.69) is 44.2 Å². The summed E-state index contributed by atoms with van der Waals surface area (Å²) in [6, 6.07) is 9.45. The number of aryl methyl sites for hydroxylation is 2. The Morgan fingerprint density at radius 3 is 2.53 bits per heavy atom. The normalized spacial score (nSPS) is 15.5. The van der Waals surface area contributed by atoms with Crippen molar-refractivity contribution >= 4 is 16.1 Å². The summed E-state index contributed by atoms with van der Waals surface area (Å²) in [4.78, 5) is 19.2. The van der Waals surface area contributed by atoms with Gasteiger partial charge in [0.25, 0.3) is 0 Å². The minimum atomic E-state index is -3.53. The molecular weight excluding hydrogens is 502 g/mol. The van der Waals surface area contributed by atoms with Crippen molar-refractivity contribution in [3.8, 4) is 0 Å². The Bertz CT molecular complexity index is 1080. The van der Waals surface area contributed by atoms with Gasteiger partial charge in [-0.2, -0.15) is 5.10 Å². The lowest BCUT2D eigenvalue weighted by Gasteiger charge is -2.22. The van der Waals surface area contributed by atoms with E-state index in [1.165, 1.54) is 6.42 Å². The predicted molar refractivity (Wildman–Crippen MR) is 150 cm³/mol. The summed E-state index contributed by atoms with van der Waals surface area (Å²) in [5, 5.41) is 10.3. The molecule has 0 bridgehead atoms. The fraction of sp³-hybridized carbons (Fsp3) is 0.667. The summed E-state index contributed by atoms with van der Waals surface area (Å²) >= 11 is 0. The average Bonchev–Trinajstić information content (AvgIpc) is 3.29. The fourth-order valence-corrected chi connectivity index (χ4v) is 6.25. The van der Waals surface area contributed by atoms with E-state index >= 15 is 0 Å². The van der Waals surface area contributed by atoms with Crippen LogP contribution in [0, 0.1) is 0 Å². The molecule has 0 spiro atoms. The quantitative estimate of drug-likeness (QED) is 0.315. The van der Waals surface area contributed by atoms with Gasteiger partial charge < -0.3 is 15.5 Å². The van der Waals surface area contributed by atoms with Crippen LogP contribution in [0.15, 0.2) is 30.3 Å². The summed E-state index contributed by atoms with van der Waals surface area (Å²) in [6.07, 6.45) is 7.34. The van der Waals surface area contributed by atoms with Gasteiger partial charge in [0.15, 0.2) is 5.82 Å². The highest BCUT2D eigenvalue weighted by Crippen LogP contribution is 2.20. The summed E-state index contributed by atoms with van der Waals surface area (Å²) < 4.78 is 30.6. The number of sulfonamides is 1. The summed E-state index contributed by atoms with van der Waals surface area (Å²) in [5.41, 5.74) is 1.13. The molecule has 38 heavy (non-hydrogen) atoms. The van der Waals surface area contributed by atoms with Crippen LogP contribution < -0.4 is 15.4 Å². The number of aromatic nitrogens is 3. The Morgan fingerprint density at radius 1 is 1.13 bits per heavy atom. The third-order valence-electron chi connectivity index (χ3n) is 7.17. The van der Waals surface area contributed by atoms with Gasteiger partial charge >= 0.3 is 6.03 Å². The molecule has 2 aromatic rings. The van der Waals surface area contributed by atoms with Crippen molar-refractivity contribution in [1.29, 1.82) is 0 Å². The molecule has 10 nitrogen and oxygen atoms in total. The van der Waals surface area contributed by atoms with E-state index in [4.69, 9.17) is 0 Å². The molecule has 2 amide bonds. The molecule has 1 fully saturated rings. The topological polar surface area (TPSA) is 121 Å². The summed E-state index contributed by atoms with van der Waals surface area (Å²) in [6.45, 7) is 6.88. The first-order chi connectivity index (χ1) is 18.3. The van der Waals surface area contributed by atoms with E-state index < -0.39 is 16.1 Å². The lowest BCUT2D eigenvalue weighted by molar-refractivity contribution is 0.232. The zero-order chi connectivity index (χ0) is 27.4. The Hall–Kier alpha value is -2.50. The second kappa shape index (κ2) is 15.2. The van der Waals surface area contributed by atoms with Crippen LogP contribution >= 0.6 is 0 Å². The molecule has 3 rings (SSSR count). The predicted octanol–water partition coefficient (Wildman–Crippen LogP) is 3.27. The van der Waals surface area contributed by atoms with E-state index in [0.717, 1.165) is 50.9 Å². The van der Waals surface area contributed by atoms with Crippen molar-refractivity contribution in [3.63, 3.8) is 0 Å². The number of hydrogen-bond acceptors (Lipinski definition) is 6. The molecule has 0 aliphatic heterocycles. The molecule has 3 N–H and O–H groups in total. The van der Waals surface area contributed by atoms with E-state index in [1.54, 1.807) is 11.7 Å². The molecule has 1 aromatic heterocycles. The molecule has 0 unspecified atom stereocenters. The fourth-order valence-electron chi connectivity index (χ4n) is 4.96. The van der Waals surface area contributed by atoms with Gasteiger partial charge in [0.2, 0.25) is 10.0 Å². The van der Waals surface area contributed by atoms with Crippen molar-refractivity contribution in [2.24, 2.45) is 7.05 Å². The molecule has 0 radical (unpaired) electrons. The highest BCUT2D eigenvalue weighted by atomic mass is 32.2. The number of amides is 2. The Labute approximate surface area is 228 Å². The smallest absolute Gasteiger partial charge is 0.315 e. The number of carbonyl (C=O) groups excluding carboxylic acids is 1. The van der Waals surface area contributed by atoms with Gasteiger partial charge in [-0.15, -0.1) is 0 Å². The third-order valence-corrected chi connectivity index (χ3v) is 8.64. The van der Waals surface area contributed by atoms with Crippen LogP contribution in [0.3, 0.4) is 0 Å². The molecule has 0 saturated heterocycles. The Morgan fingerprint density at radius 2 is 1.84 bits per heavy atom. The van der Waals surface area contributed by atoms with Gasteiger partial charge in [0.05, 0.1) is 18.3 Å². The van der Waals surface area contributed by atoms with Crippen LogP contribution in [0.1, 0.15) is 82.0 Å². The number of hydrogen-bond donors (Lipinski definition) is 3. The first kappa shape index (κ1) is 30.0. The number of benzene rings is 1. The first-order valence-corrected chi connectivity index (χ1v) is 15.6. The van der Waals surface area contributed by atoms with E-state index in [1.807, 2.05) is 30.3 Å². The number of rotatable bonds is 15. The Balaban J connectivity index is 1.65. The third kappa shape index (κ3) is 9.99. The molecule has 212 valence electrons. The van der Waals surface area contributed by atoms with Crippen molar-refractivity contribution in [3.05, 3.63) is 47.5 Å². The zero-order valence-corrected chi connectivity index (χ0v) is 24.0. The van der Waals surface area contributed by atoms with Crippen LogP contribution in [0.2, 0.25) is 0 Å². The van der Waals surface area contributed by atoms with E-state index in [-0.39, 0.29) is 24.4 Å². The minimum Gasteiger partial charge on any atom is -0.335 e. The molecule has 1 atom stereocenters. The SMILES string of the molecule is CCN(CC)CCCS(=O)(=O)N[C@H](CCc1ccccc1)c1nc(CNC(=O)NC2CCCCC2)nn1C. The maximum absolute atomic E-state index is 13.1. The summed E-state index contributed by atoms with van der Waals surface area (Å²) in [7, 11) is -1.77. The van der Waals surface area contributed by atoms with E-state index in [0.29, 0.717) is 30.9 Å². The lowest BCUT2D eigenvalue weighted by Crippen LogP contribution is -2.42. The molecule has 11 heteroatoms. The van der Waals surface area contributed by atoms with E-state index in [9.17, 15) is 13.2 Å². The molecular formula is C27H45N7O3S. The monoisotopic (exact) mass is 547 g/mol. The number of nitrogens with one attached hydrogen (secondary N) is 3. The molecule has 1 aromatic carbocycles. The second-order valence-corrected chi connectivity index (χ2v) is 11.9. The highest BCUT2D eigenvalue weighted by Gasteiger charge is 2.25. The molecule has 1 saturated carbocycles. The van der Waals surface area contributed by atoms with Gasteiger partial charge in [-0.25, -0.2) is 22.9 Å².